The summed E-state index contributed by atoms with van der Waals surface area (Å²) in [6.07, 6.45) is -2.88. The van der Waals surface area contributed by atoms with Crippen LogP contribution in [0, 0.1) is 17.7 Å². The normalized spacial score (nSPS) is 22.5. The molecule has 0 aromatic heterocycles. The van der Waals surface area contributed by atoms with Gasteiger partial charge in [-0.3, -0.25) is 4.79 Å². The van der Waals surface area contributed by atoms with Gasteiger partial charge in [0.15, 0.2) is 11.6 Å². The van der Waals surface area contributed by atoms with Crippen molar-refractivity contribution in [1.82, 2.24) is 0 Å². The minimum atomic E-state index is -5.01. The van der Waals surface area contributed by atoms with Gasteiger partial charge < -0.3 is 9.47 Å². The van der Waals surface area contributed by atoms with Crippen molar-refractivity contribution in [3.63, 3.8) is 0 Å². The summed E-state index contributed by atoms with van der Waals surface area (Å²) in [6, 6.07) is 5.86. The molecule has 1 fully saturated rings. The van der Waals surface area contributed by atoms with Gasteiger partial charge in [0.1, 0.15) is 11.9 Å². The van der Waals surface area contributed by atoms with Crippen molar-refractivity contribution in [3.8, 4) is 11.5 Å². The molecule has 3 unspecified atom stereocenters. The Morgan fingerprint density at radius 3 is 2.59 bits per heavy atom. The van der Waals surface area contributed by atoms with Crippen LogP contribution in [0.5, 0.6) is 11.5 Å². The minimum absolute atomic E-state index is 0.0780. The van der Waals surface area contributed by atoms with E-state index in [1.54, 1.807) is 0 Å². The van der Waals surface area contributed by atoms with Crippen molar-refractivity contribution >= 4 is 16.7 Å². The monoisotopic (exact) mass is 416 g/mol. The number of esters is 1. The number of rotatable bonds is 5. The van der Waals surface area contributed by atoms with Crippen molar-refractivity contribution in [1.29, 1.82) is 0 Å². The average Bonchev–Trinajstić information content (AvgIpc) is 2.63. The predicted molar refractivity (Wildman–Crippen MR) is 96.9 cm³/mol. The Morgan fingerprint density at radius 1 is 1.17 bits per heavy atom. The summed E-state index contributed by atoms with van der Waals surface area (Å²) in [4.78, 5) is 12.4. The van der Waals surface area contributed by atoms with Crippen LogP contribution < -0.4 is 9.47 Å². The van der Waals surface area contributed by atoms with Crippen LogP contribution in [-0.4, -0.2) is 18.5 Å². The molecule has 0 spiro atoms. The summed E-state index contributed by atoms with van der Waals surface area (Å²) in [6.45, 7) is 2.04. The molecule has 2 aromatic carbocycles. The van der Waals surface area contributed by atoms with E-state index in [9.17, 15) is 26.7 Å². The lowest BCUT2D eigenvalue weighted by molar-refractivity contribution is -0.275. The van der Waals surface area contributed by atoms with Crippen molar-refractivity contribution in [2.24, 2.45) is 11.8 Å². The maximum Gasteiger partial charge on any atom is 0.573 e. The van der Waals surface area contributed by atoms with Crippen molar-refractivity contribution in [3.05, 3.63) is 36.1 Å². The molecule has 0 amide bonds. The Balaban J connectivity index is 1.72. The van der Waals surface area contributed by atoms with Gasteiger partial charge in [-0.2, -0.15) is 0 Å². The zero-order valence-electron chi connectivity index (χ0n) is 15.8. The number of carbonyl (C=O) groups excluding carboxylic acids is 1. The Kier molecular flexibility index (Phi) is 6.29. The van der Waals surface area contributed by atoms with Crippen LogP contribution >= 0.6 is 0 Å². The third-order valence-corrected chi connectivity index (χ3v) is 5.21. The molecule has 3 rings (SSSR count). The number of hydrogen-bond acceptors (Lipinski definition) is 3. The highest BCUT2D eigenvalue weighted by Gasteiger charge is 2.36. The van der Waals surface area contributed by atoms with Crippen LogP contribution in [0.3, 0.4) is 0 Å². The van der Waals surface area contributed by atoms with Crippen LogP contribution in [0.25, 0.3) is 10.8 Å². The highest BCUT2D eigenvalue weighted by Crippen LogP contribution is 2.36. The van der Waals surface area contributed by atoms with E-state index in [1.807, 2.05) is 6.92 Å². The molecule has 1 aliphatic carbocycles. The highest BCUT2D eigenvalue weighted by molar-refractivity contribution is 5.87. The van der Waals surface area contributed by atoms with E-state index in [1.165, 1.54) is 24.3 Å². The molecular weight excluding hydrogens is 395 g/mol. The topological polar surface area (TPSA) is 35.5 Å². The van der Waals surface area contributed by atoms with E-state index in [0.717, 1.165) is 25.3 Å². The number of ether oxygens (including phenoxy) is 2. The van der Waals surface area contributed by atoms with Crippen molar-refractivity contribution in [2.45, 2.75) is 51.6 Å². The largest absolute Gasteiger partial charge is 0.573 e. The molecule has 0 radical (unpaired) electrons. The lowest BCUT2D eigenvalue weighted by Crippen LogP contribution is -2.34. The lowest BCUT2D eigenvalue weighted by atomic mass is 9.79. The summed E-state index contributed by atoms with van der Waals surface area (Å²) < 4.78 is 74.6. The third-order valence-electron chi connectivity index (χ3n) is 5.21. The van der Waals surface area contributed by atoms with Crippen molar-refractivity contribution in [2.75, 3.05) is 0 Å². The first-order chi connectivity index (χ1) is 13.7. The van der Waals surface area contributed by atoms with Crippen LogP contribution in [0.2, 0.25) is 0 Å². The van der Waals surface area contributed by atoms with Gasteiger partial charge in [0.25, 0.3) is 0 Å². The number of halogens is 5. The highest BCUT2D eigenvalue weighted by atomic mass is 19.4. The summed E-state index contributed by atoms with van der Waals surface area (Å²) >= 11 is 0. The second-order valence-corrected chi connectivity index (χ2v) is 7.32. The molecule has 3 atom stereocenters. The van der Waals surface area contributed by atoms with Gasteiger partial charge in [-0.15, -0.1) is 13.2 Å². The molecule has 0 heterocycles. The first kappa shape index (κ1) is 21.3. The van der Waals surface area contributed by atoms with Gasteiger partial charge in [-0.05, 0) is 54.8 Å². The molecule has 29 heavy (non-hydrogen) atoms. The lowest BCUT2D eigenvalue weighted by Gasteiger charge is -2.30. The molecule has 2 aromatic rings. The van der Waals surface area contributed by atoms with Crippen LogP contribution in [0.4, 0.5) is 22.0 Å². The fourth-order valence-electron chi connectivity index (χ4n) is 3.84. The van der Waals surface area contributed by atoms with E-state index in [-0.39, 0.29) is 22.4 Å². The summed E-state index contributed by atoms with van der Waals surface area (Å²) in [5.41, 5.74) is 0. The number of benzene rings is 2. The molecule has 1 saturated carbocycles. The standard InChI is InChI=1S/C21H21F5O3/c1-2-3-12-4-7-16(17(22)10-12)20(27)28-14-6-8-15-13(11-14)5-9-18(19(15)23)29-21(24,25)26/h5-6,8-9,11-12,16-17H,2-4,7,10H2,1H3. The molecule has 0 N–H and O–H groups in total. The second kappa shape index (κ2) is 8.55. The summed E-state index contributed by atoms with van der Waals surface area (Å²) in [5.74, 6) is -3.30. The number of hydrogen-bond donors (Lipinski definition) is 0. The quantitative estimate of drug-likeness (QED) is 0.324. The average molecular weight is 416 g/mol. The zero-order valence-corrected chi connectivity index (χ0v) is 15.8. The number of alkyl halides is 4. The van der Waals surface area contributed by atoms with E-state index < -0.39 is 36.0 Å². The van der Waals surface area contributed by atoms with E-state index >= 15 is 0 Å². The summed E-state index contributed by atoms with van der Waals surface area (Å²) in [7, 11) is 0. The zero-order chi connectivity index (χ0) is 21.2. The fourth-order valence-corrected chi connectivity index (χ4v) is 3.84. The van der Waals surface area contributed by atoms with Gasteiger partial charge in [-0.1, -0.05) is 25.8 Å². The van der Waals surface area contributed by atoms with Crippen molar-refractivity contribution < 1.29 is 36.2 Å². The Labute approximate surface area is 164 Å². The molecule has 0 bridgehead atoms. The van der Waals surface area contributed by atoms with Crippen LogP contribution in [-0.2, 0) is 4.79 Å². The fraction of sp³-hybridized carbons (Fsp3) is 0.476. The maximum atomic E-state index is 14.4. The number of fused-ring (bicyclic) bond motifs is 1. The molecule has 8 heteroatoms. The van der Waals surface area contributed by atoms with Crippen LogP contribution in [0.15, 0.2) is 30.3 Å². The molecular formula is C21H21F5O3. The SMILES string of the molecule is CCCC1CCC(C(=O)Oc2ccc3c(F)c(OC(F)(F)F)ccc3c2)C(F)C1. The van der Waals surface area contributed by atoms with Gasteiger partial charge >= 0.3 is 12.3 Å². The molecule has 158 valence electrons. The molecule has 0 aliphatic heterocycles. The predicted octanol–water partition coefficient (Wildman–Crippen LogP) is 6.34. The number of carbonyl (C=O) groups is 1. The second-order valence-electron chi connectivity index (χ2n) is 7.32. The molecule has 3 nitrogen and oxygen atoms in total. The maximum absolute atomic E-state index is 14.4. The third kappa shape index (κ3) is 5.16. The van der Waals surface area contributed by atoms with E-state index in [4.69, 9.17) is 4.74 Å². The van der Waals surface area contributed by atoms with E-state index in [2.05, 4.69) is 4.74 Å². The first-order valence-electron chi connectivity index (χ1n) is 9.51. The Morgan fingerprint density at radius 2 is 1.93 bits per heavy atom. The van der Waals surface area contributed by atoms with Gasteiger partial charge in [0.05, 0.1) is 5.92 Å². The van der Waals surface area contributed by atoms with Gasteiger partial charge in [-0.25, -0.2) is 8.78 Å². The van der Waals surface area contributed by atoms with Gasteiger partial charge in [0.2, 0.25) is 0 Å². The molecule has 1 aliphatic rings. The Hall–Kier alpha value is -2.38. The first-order valence-corrected chi connectivity index (χ1v) is 9.51. The minimum Gasteiger partial charge on any atom is -0.426 e. The smallest absolute Gasteiger partial charge is 0.426 e. The summed E-state index contributed by atoms with van der Waals surface area (Å²) in [5, 5.41) is 0.112. The van der Waals surface area contributed by atoms with E-state index in [0.29, 0.717) is 12.8 Å². The molecule has 0 saturated heterocycles. The van der Waals surface area contributed by atoms with Crippen LogP contribution in [0.1, 0.15) is 39.0 Å². The van der Waals surface area contributed by atoms with Gasteiger partial charge in [0, 0.05) is 5.39 Å². The Bertz CT molecular complexity index is 880.